The van der Waals surface area contributed by atoms with Crippen molar-refractivity contribution in [2.75, 3.05) is 17.9 Å². The van der Waals surface area contributed by atoms with Gasteiger partial charge in [0.1, 0.15) is 11.3 Å². The van der Waals surface area contributed by atoms with Crippen molar-refractivity contribution in [3.05, 3.63) is 29.8 Å². The van der Waals surface area contributed by atoms with Gasteiger partial charge in [0.15, 0.2) is 5.82 Å². The molecule has 0 unspecified atom stereocenters. The van der Waals surface area contributed by atoms with E-state index in [1.165, 1.54) is 6.07 Å². The molecule has 2 aromatic rings. The minimum absolute atomic E-state index is 0.263. The van der Waals surface area contributed by atoms with E-state index in [-0.39, 0.29) is 5.82 Å². The maximum atomic E-state index is 13.6. The van der Waals surface area contributed by atoms with Gasteiger partial charge in [0.25, 0.3) is 0 Å². The second-order valence-corrected chi connectivity index (χ2v) is 5.08. The molecule has 0 radical (unpaired) electrons. The highest BCUT2D eigenvalue weighted by Gasteiger charge is 2.12. The fourth-order valence-corrected chi connectivity index (χ4v) is 2.40. The number of para-hydroxylation sites is 1. The Morgan fingerprint density at radius 3 is 3.00 bits per heavy atom. The predicted octanol–water partition coefficient (Wildman–Crippen LogP) is 3.32. The number of nitrogens with zero attached hydrogens (tertiary/aromatic N) is 2. The molecule has 0 fully saturated rings. The van der Waals surface area contributed by atoms with Crippen molar-refractivity contribution in [2.45, 2.75) is 13.0 Å². The third-order valence-corrected chi connectivity index (χ3v) is 3.43. The Bertz CT molecular complexity index is 512. The van der Waals surface area contributed by atoms with E-state index < -0.39 is 0 Å². The number of halogens is 2. The van der Waals surface area contributed by atoms with Gasteiger partial charge in [-0.15, -0.1) is 11.6 Å². The number of rotatable bonds is 5. The van der Waals surface area contributed by atoms with Crippen LogP contribution in [0.4, 0.5) is 4.39 Å². The number of hydrogen-bond donors (Lipinski definition) is 0. The smallest absolute Gasteiger partial charge is 0.151 e. The summed E-state index contributed by atoms with van der Waals surface area (Å²) in [4.78, 5) is 4.35. The topological polar surface area (TPSA) is 17.8 Å². The van der Waals surface area contributed by atoms with Gasteiger partial charge >= 0.3 is 0 Å². The van der Waals surface area contributed by atoms with E-state index in [1.807, 2.05) is 6.07 Å². The first-order valence-electron chi connectivity index (χ1n) is 5.46. The van der Waals surface area contributed by atoms with Crippen LogP contribution in [0.1, 0.15) is 5.82 Å². The Hall–Kier alpha value is -0.740. The Morgan fingerprint density at radius 1 is 1.47 bits per heavy atom. The second-order valence-electron chi connectivity index (χ2n) is 3.72. The molecule has 0 bridgehead atoms. The summed E-state index contributed by atoms with van der Waals surface area (Å²) in [5.74, 6) is 2.09. The number of benzene rings is 1. The summed E-state index contributed by atoms with van der Waals surface area (Å²) in [5.41, 5.74) is 1.31. The minimum Gasteiger partial charge on any atom is -0.327 e. The molecule has 0 aliphatic carbocycles. The summed E-state index contributed by atoms with van der Waals surface area (Å²) in [7, 11) is 0. The number of fused-ring (bicyclic) bond motifs is 1. The van der Waals surface area contributed by atoms with Crippen LogP contribution in [0, 0.1) is 5.82 Å². The molecule has 0 saturated heterocycles. The zero-order chi connectivity index (χ0) is 12.3. The highest BCUT2D eigenvalue weighted by molar-refractivity contribution is 7.98. The molecule has 0 amide bonds. The highest BCUT2D eigenvalue weighted by Crippen LogP contribution is 2.20. The van der Waals surface area contributed by atoms with Crippen LogP contribution in [0.25, 0.3) is 11.0 Å². The molecule has 17 heavy (non-hydrogen) atoms. The SMILES string of the molecule is CSCCn1c(CCCl)nc2c(F)cccc21. The van der Waals surface area contributed by atoms with Gasteiger partial charge in [-0.2, -0.15) is 11.8 Å². The maximum Gasteiger partial charge on any atom is 0.151 e. The van der Waals surface area contributed by atoms with E-state index >= 15 is 0 Å². The van der Waals surface area contributed by atoms with Crippen molar-refractivity contribution in [1.82, 2.24) is 9.55 Å². The van der Waals surface area contributed by atoms with Crippen molar-refractivity contribution in [3.8, 4) is 0 Å². The van der Waals surface area contributed by atoms with Gasteiger partial charge in [0.05, 0.1) is 5.52 Å². The standard InChI is InChI=1S/C12H14ClFN2S/c1-17-8-7-16-10-4-2-3-9(14)12(10)15-11(16)5-6-13/h2-4H,5-8H2,1H3. The van der Waals surface area contributed by atoms with Gasteiger partial charge in [0, 0.05) is 24.6 Å². The zero-order valence-electron chi connectivity index (χ0n) is 9.62. The van der Waals surface area contributed by atoms with E-state index in [1.54, 1.807) is 17.8 Å². The summed E-state index contributed by atoms with van der Waals surface area (Å²) in [6.45, 7) is 0.841. The lowest BCUT2D eigenvalue weighted by atomic mass is 10.3. The van der Waals surface area contributed by atoms with Gasteiger partial charge in [-0.05, 0) is 18.4 Å². The molecule has 1 aromatic carbocycles. The van der Waals surface area contributed by atoms with Gasteiger partial charge in [-0.3, -0.25) is 0 Å². The third-order valence-electron chi connectivity index (χ3n) is 2.65. The summed E-state index contributed by atoms with van der Waals surface area (Å²) >= 11 is 7.52. The molecule has 0 aliphatic heterocycles. The lowest BCUT2D eigenvalue weighted by Crippen LogP contribution is -2.06. The fourth-order valence-electron chi connectivity index (χ4n) is 1.87. The molecule has 0 spiro atoms. The van der Waals surface area contributed by atoms with Crippen molar-refractivity contribution in [1.29, 1.82) is 0 Å². The van der Waals surface area contributed by atoms with E-state index in [0.29, 0.717) is 17.8 Å². The van der Waals surface area contributed by atoms with Crippen molar-refractivity contribution < 1.29 is 4.39 Å². The average molecular weight is 273 g/mol. The van der Waals surface area contributed by atoms with Crippen LogP contribution in [-0.2, 0) is 13.0 Å². The van der Waals surface area contributed by atoms with E-state index in [2.05, 4.69) is 15.8 Å². The number of hydrogen-bond acceptors (Lipinski definition) is 2. The normalized spacial score (nSPS) is 11.2. The molecule has 0 aliphatic rings. The lowest BCUT2D eigenvalue weighted by Gasteiger charge is -2.06. The third kappa shape index (κ3) is 2.58. The molecule has 0 atom stereocenters. The average Bonchev–Trinajstić information content (AvgIpc) is 2.67. The van der Waals surface area contributed by atoms with Crippen LogP contribution < -0.4 is 0 Å². The number of aryl methyl sites for hydroxylation is 2. The van der Waals surface area contributed by atoms with Gasteiger partial charge in [-0.1, -0.05) is 6.07 Å². The summed E-state index contributed by atoms with van der Waals surface area (Å²) in [6.07, 6.45) is 2.73. The van der Waals surface area contributed by atoms with E-state index in [0.717, 1.165) is 23.6 Å². The molecule has 1 aromatic heterocycles. The van der Waals surface area contributed by atoms with Crippen molar-refractivity contribution in [3.63, 3.8) is 0 Å². The molecular weight excluding hydrogens is 259 g/mol. The van der Waals surface area contributed by atoms with Gasteiger partial charge in [0.2, 0.25) is 0 Å². The van der Waals surface area contributed by atoms with Crippen LogP contribution in [0.5, 0.6) is 0 Å². The van der Waals surface area contributed by atoms with Crippen LogP contribution in [0.2, 0.25) is 0 Å². The molecule has 1 heterocycles. The highest BCUT2D eigenvalue weighted by atomic mass is 35.5. The largest absolute Gasteiger partial charge is 0.327 e. The van der Waals surface area contributed by atoms with Crippen LogP contribution in [-0.4, -0.2) is 27.4 Å². The lowest BCUT2D eigenvalue weighted by molar-refractivity contribution is 0.637. The summed E-state index contributed by atoms with van der Waals surface area (Å²) in [6, 6.07) is 5.07. The Morgan fingerprint density at radius 2 is 2.29 bits per heavy atom. The molecule has 92 valence electrons. The Labute approximate surface area is 109 Å². The van der Waals surface area contributed by atoms with E-state index in [9.17, 15) is 4.39 Å². The summed E-state index contributed by atoms with van der Waals surface area (Å²) in [5, 5.41) is 0. The van der Waals surface area contributed by atoms with Gasteiger partial charge < -0.3 is 4.57 Å². The molecule has 0 N–H and O–H groups in total. The fraction of sp³-hybridized carbons (Fsp3) is 0.417. The number of alkyl halides is 1. The van der Waals surface area contributed by atoms with Crippen LogP contribution in [0.3, 0.4) is 0 Å². The second kappa shape index (κ2) is 5.74. The molecular formula is C12H14ClFN2S. The minimum atomic E-state index is -0.263. The predicted molar refractivity (Wildman–Crippen MR) is 72.5 cm³/mol. The van der Waals surface area contributed by atoms with Crippen LogP contribution in [0.15, 0.2) is 18.2 Å². The quantitative estimate of drug-likeness (QED) is 0.777. The van der Waals surface area contributed by atoms with E-state index in [4.69, 9.17) is 11.6 Å². The maximum absolute atomic E-state index is 13.6. The first kappa shape index (κ1) is 12.7. The number of aromatic nitrogens is 2. The van der Waals surface area contributed by atoms with Crippen LogP contribution >= 0.6 is 23.4 Å². The van der Waals surface area contributed by atoms with Gasteiger partial charge in [-0.25, -0.2) is 9.37 Å². The zero-order valence-corrected chi connectivity index (χ0v) is 11.2. The first-order valence-corrected chi connectivity index (χ1v) is 7.39. The van der Waals surface area contributed by atoms with Crippen molar-refractivity contribution in [2.24, 2.45) is 0 Å². The summed E-state index contributed by atoms with van der Waals surface area (Å²) < 4.78 is 15.7. The van der Waals surface area contributed by atoms with Crippen molar-refractivity contribution >= 4 is 34.4 Å². The first-order chi connectivity index (χ1) is 8.27. The number of thioether (sulfide) groups is 1. The molecule has 2 nitrogen and oxygen atoms in total. The Balaban J connectivity index is 2.50. The Kier molecular flexibility index (Phi) is 4.29. The number of imidazole rings is 1. The molecule has 0 saturated carbocycles. The monoisotopic (exact) mass is 272 g/mol. The molecule has 5 heteroatoms. The molecule has 2 rings (SSSR count).